The van der Waals surface area contributed by atoms with Crippen LogP contribution in [-0.4, -0.2) is 32.5 Å². The standard InChI is InChI=1S/C16H14N6O3/c1-2-17-16(23)21-14-8-7-12-15(20-14)19-13(9-18-12)10-3-5-11(6-4-10)22(24)25/h3-9H,2H2,1H3,(H2,17,19,20,21,23). The summed E-state index contributed by atoms with van der Waals surface area (Å²) in [5.41, 5.74) is 2.16. The summed E-state index contributed by atoms with van der Waals surface area (Å²) in [5.74, 6) is 0.355. The molecule has 2 aromatic heterocycles. The molecular formula is C16H14N6O3. The van der Waals surface area contributed by atoms with Crippen LogP contribution in [0, 0.1) is 10.1 Å². The summed E-state index contributed by atoms with van der Waals surface area (Å²) in [6.45, 7) is 2.32. The van der Waals surface area contributed by atoms with Crippen LogP contribution in [0.5, 0.6) is 0 Å². The van der Waals surface area contributed by atoms with Crippen LogP contribution in [0.3, 0.4) is 0 Å². The van der Waals surface area contributed by atoms with Crippen molar-refractivity contribution < 1.29 is 9.72 Å². The van der Waals surface area contributed by atoms with Crippen LogP contribution >= 0.6 is 0 Å². The molecule has 0 aliphatic carbocycles. The van der Waals surface area contributed by atoms with E-state index >= 15 is 0 Å². The van der Waals surface area contributed by atoms with E-state index in [0.717, 1.165) is 0 Å². The molecule has 0 saturated carbocycles. The number of hydrogen-bond acceptors (Lipinski definition) is 6. The topological polar surface area (TPSA) is 123 Å². The highest BCUT2D eigenvalue weighted by molar-refractivity contribution is 5.89. The second-order valence-electron chi connectivity index (χ2n) is 5.08. The third-order valence-electron chi connectivity index (χ3n) is 3.36. The van der Waals surface area contributed by atoms with E-state index in [0.29, 0.717) is 34.8 Å². The molecule has 9 nitrogen and oxygen atoms in total. The molecule has 2 N–H and O–H groups in total. The fourth-order valence-corrected chi connectivity index (χ4v) is 2.18. The molecule has 0 spiro atoms. The van der Waals surface area contributed by atoms with E-state index in [1.165, 1.54) is 12.1 Å². The summed E-state index contributed by atoms with van der Waals surface area (Å²) >= 11 is 0. The Morgan fingerprint density at radius 3 is 2.60 bits per heavy atom. The predicted molar refractivity (Wildman–Crippen MR) is 92.1 cm³/mol. The molecule has 2 amide bonds. The molecule has 0 fully saturated rings. The summed E-state index contributed by atoms with van der Waals surface area (Å²) < 4.78 is 0. The van der Waals surface area contributed by atoms with Crippen molar-refractivity contribution in [2.75, 3.05) is 11.9 Å². The molecule has 0 atom stereocenters. The highest BCUT2D eigenvalue weighted by Gasteiger charge is 2.09. The van der Waals surface area contributed by atoms with Gasteiger partial charge in [0.1, 0.15) is 11.3 Å². The van der Waals surface area contributed by atoms with Gasteiger partial charge in [0, 0.05) is 24.2 Å². The van der Waals surface area contributed by atoms with E-state index < -0.39 is 4.92 Å². The number of urea groups is 1. The molecule has 3 aromatic rings. The zero-order chi connectivity index (χ0) is 17.8. The third kappa shape index (κ3) is 3.66. The zero-order valence-corrected chi connectivity index (χ0v) is 13.3. The quantitative estimate of drug-likeness (QED) is 0.557. The average Bonchev–Trinajstić information content (AvgIpc) is 2.61. The summed E-state index contributed by atoms with van der Waals surface area (Å²) in [7, 11) is 0. The Hall–Kier alpha value is -3.62. The summed E-state index contributed by atoms with van der Waals surface area (Å²) in [6, 6.07) is 9.00. The first-order valence-corrected chi connectivity index (χ1v) is 7.50. The van der Waals surface area contributed by atoms with E-state index in [4.69, 9.17) is 0 Å². The van der Waals surface area contributed by atoms with Gasteiger partial charge in [-0.3, -0.25) is 20.4 Å². The monoisotopic (exact) mass is 338 g/mol. The number of nitrogens with one attached hydrogen (secondary N) is 2. The molecule has 0 unspecified atom stereocenters. The second-order valence-corrected chi connectivity index (χ2v) is 5.08. The molecule has 2 heterocycles. The van der Waals surface area contributed by atoms with Crippen LogP contribution in [-0.2, 0) is 0 Å². The van der Waals surface area contributed by atoms with Crippen molar-refractivity contribution >= 4 is 28.7 Å². The lowest BCUT2D eigenvalue weighted by atomic mass is 10.1. The summed E-state index contributed by atoms with van der Waals surface area (Å²) in [5, 5.41) is 15.9. The van der Waals surface area contributed by atoms with E-state index in [1.54, 1.807) is 30.5 Å². The lowest BCUT2D eigenvalue weighted by Gasteiger charge is -2.06. The molecule has 0 aliphatic rings. The number of fused-ring (bicyclic) bond motifs is 1. The number of nitrogens with zero attached hydrogens (tertiary/aromatic N) is 4. The van der Waals surface area contributed by atoms with E-state index in [9.17, 15) is 14.9 Å². The molecular weight excluding hydrogens is 324 g/mol. The van der Waals surface area contributed by atoms with Gasteiger partial charge in [-0.2, -0.15) is 0 Å². The van der Waals surface area contributed by atoms with Crippen LogP contribution in [0.15, 0.2) is 42.6 Å². The van der Waals surface area contributed by atoms with Crippen molar-refractivity contribution in [2.24, 2.45) is 0 Å². The number of aromatic nitrogens is 3. The molecule has 0 radical (unpaired) electrons. The number of rotatable bonds is 4. The van der Waals surface area contributed by atoms with E-state index in [1.807, 2.05) is 6.92 Å². The fraction of sp³-hybridized carbons (Fsp3) is 0.125. The first kappa shape index (κ1) is 16.2. The maximum Gasteiger partial charge on any atom is 0.320 e. The van der Waals surface area contributed by atoms with Gasteiger partial charge in [-0.15, -0.1) is 0 Å². The SMILES string of the molecule is CCNC(=O)Nc1ccc2ncc(-c3ccc([N+](=O)[O-])cc3)nc2n1. The minimum Gasteiger partial charge on any atom is -0.338 e. The van der Waals surface area contributed by atoms with Gasteiger partial charge < -0.3 is 5.32 Å². The number of carbonyl (C=O) groups is 1. The maximum absolute atomic E-state index is 11.6. The first-order chi connectivity index (χ1) is 12.1. The van der Waals surface area contributed by atoms with Gasteiger partial charge in [0.05, 0.1) is 16.8 Å². The minimum absolute atomic E-state index is 0.00375. The number of anilines is 1. The number of carbonyl (C=O) groups excluding carboxylic acids is 1. The zero-order valence-electron chi connectivity index (χ0n) is 13.3. The number of pyridine rings is 1. The van der Waals surface area contributed by atoms with Crippen LogP contribution < -0.4 is 10.6 Å². The Morgan fingerprint density at radius 1 is 1.16 bits per heavy atom. The van der Waals surface area contributed by atoms with Crippen molar-refractivity contribution in [3.8, 4) is 11.3 Å². The Kier molecular flexibility index (Phi) is 4.46. The number of nitro benzene ring substituents is 1. The van der Waals surface area contributed by atoms with Gasteiger partial charge in [0.25, 0.3) is 5.69 Å². The lowest BCUT2D eigenvalue weighted by molar-refractivity contribution is -0.384. The van der Waals surface area contributed by atoms with Gasteiger partial charge in [0.15, 0.2) is 5.65 Å². The Balaban J connectivity index is 1.92. The summed E-state index contributed by atoms with van der Waals surface area (Å²) in [6.07, 6.45) is 1.57. The van der Waals surface area contributed by atoms with Gasteiger partial charge in [-0.1, -0.05) is 0 Å². The molecule has 25 heavy (non-hydrogen) atoms. The third-order valence-corrected chi connectivity index (χ3v) is 3.36. The highest BCUT2D eigenvalue weighted by Crippen LogP contribution is 2.22. The van der Waals surface area contributed by atoms with Crippen LogP contribution in [0.2, 0.25) is 0 Å². The van der Waals surface area contributed by atoms with Gasteiger partial charge in [0.2, 0.25) is 0 Å². The van der Waals surface area contributed by atoms with Crippen LogP contribution in [0.1, 0.15) is 6.92 Å². The van der Waals surface area contributed by atoms with Crippen molar-refractivity contribution in [1.82, 2.24) is 20.3 Å². The lowest BCUT2D eigenvalue weighted by Crippen LogP contribution is -2.28. The van der Waals surface area contributed by atoms with Crippen molar-refractivity contribution in [2.45, 2.75) is 6.92 Å². The van der Waals surface area contributed by atoms with Crippen LogP contribution in [0.25, 0.3) is 22.4 Å². The van der Waals surface area contributed by atoms with Crippen molar-refractivity contribution in [1.29, 1.82) is 0 Å². The molecule has 9 heteroatoms. The predicted octanol–water partition coefficient (Wildman–Crippen LogP) is 2.74. The minimum atomic E-state index is -0.462. The Bertz CT molecular complexity index is 942. The Morgan fingerprint density at radius 2 is 1.92 bits per heavy atom. The normalized spacial score (nSPS) is 10.4. The maximum atomic E-state index is 11.6. The van der Waals surface area contributed by atoms with E-state index in [-0.39, 0.29) is 11.7 Å². The molecule has 3 rings (SSSR count). The number of non-ortho nitro benzene ring substituents is 1. The number of hydrogen-bond donors (Lipinski definition) is 2. The van der Waals surface area contributed by atoms with Crippen molar-refractivity contribution in [3.63, 3.8) is 0 Å². The molecule has 0 aliphatic heterocycles. The van der Waals surface area contributed by atoms with Gasteiger partial charge >= 0.3 is 6.03 Å². The fourth-order valence-electron chi connectivity index (χ4n) is 2.18. The molecule has 1 aromatic carbocycles. The highest BCUT2D eigenvalue weighted by atomic mass is 16.6. The van der Waals surface area contributed by atoms with Gasteiger partial charge in [-0.25, -0.2) is 14.8 Å². The van der Waals surface area contributed by atoms with Gasteiger partial charge in [-0.05, 0) is 31.2 Å². The molecule has 0 saturated heterocycles. The largest absolute Gasteiger partial charge is 0.338 e. The summed E-state index contributed by atoms with van der Waals surface area (Å²) in [4.78, 5) is 34.8. The van der Waals surface area contributed by atoms with Crippen molar-refractivity contribution in [3.05, 3.63) is 52.7 Å². The number of nitro groups is 1. The second kappa shape index (κ2) is 6.87. The first-order valence-electron chi connectivity index (χ1n) is 7.50. The molecule has 126 valence electrons. The Labute approximate surface area is 142 Å². The molecule has 0 bridgehead atoms. The van der Waals surface area contributed by atoms with Crippen LogP contribution in [0.4, 0.5) is 16.3 Å². The van der Waals surface area contributed by atoms with E-state index in [2.05, 4.69) is 25.6 Å². The number of benzene rings is 1. The smallest absolute Gasteiger partial charge is 0.320 e. The average molecular weight is 338 g/mol. The number of amides is 2.